The average Bonchev–Trinajstić information content (AvgIpc) is 3.72. The van der Waals surface area contributed by atoms with Crippen LogP contribution in [0.4, 0.5) is 10.2 Å². The van der Waals surface area contributed by atoms with Gasteiger partial charge in [0.1, 0.15) is 11.6 Å². The highest BCUT2D eigenvalue weighted by Crippen LogP contribution is 2.20. The Morgan fingerprint density at radius 2 is 1.68 bits per heavy atom. The van der Waals surface area contributed by atoms with E-state index in [4.69, 9.17) is 0 Å². The molecule has 2 N–H and O–H groups in total. The molecule has 1 atom stereocenters. The molecule has 6 rings (SSSR count). The van der Waals surface area contributed by atoms with Gasteiger partial charge in [0, 0.05) is 19.1 Å². The number of aromatic nitrogens is 5. The minimum absolute atomic E-state index is 0.0501. The van der Waals surface area contributed by atoms with E-state index < -0.39 is 0 Å². The summed E-state index contributed by atoms with van der Waals surface area (Å²) in [6.45, 7) is 7.53. The van der Waals surface area contributed by atoms with Gasteiger partial charge in [-0.3, -0.25) is 4.79 Å². The Morgan fingerprint density at radius 3 is 2.37 bits per heavy atom. The number of amides is 1. The number of nitrogens with zero attached hydrogens (tertiary/aromatic N) is 5. The molecule has 8 nitrogen and oxygen atoms in total. The molecular weight excluding hydrogens is 481 g/mol. The van der Waals surface area contributed by atoms with Crippen molar-refractivity contribution in [3.8, 4) is 11.3 Å². The second-order valence-electron chi connectivity index (χ2n) is 8.57. The molecule has 0 spiro atoms. The number of halogens is 1. The van der Waals surface area contributed by atoms with Gasteiger partial charge in [0.05, 0.1) is 23.8 Å². The summed E-state index contributed by atoms with van der Waals surface area (Å²) < 4.78 is 13.7. The van der Waals surface area contributed by atoms with Crippen LogP contribution in [-0.2, 0) is 0 Å². The second-order valence-corrected chi connectivity index (χ2v) is 8.57. The van der Waals surface area contributed by atoms with Crippen molar-refractivity contribution < 1.29 is 9.18 Å². The topological polar surface area (TPSA) is 91.2 Å². The number of nitrogens with one attached hydrogen (secondary N) is 2. The molecule has 1 amide bonds. The predicted molar refractivity (Wildman–Crippen MR) is 148 cm³/mol. The molecule has 1 saturated heterocycles. The molecule has 5 aromatic rings. The van der Waals surface area contributed by atoms with E-state index in [0.29, 0.717) is 12.4 Å². The molecule has 0 saturated carbocycles. The van der Waals surface area contributed by atoms with Crippen LogP contribution in [0.5, 0.6) is 0 Å². The molecule has 1 fully saturated rings. The lowest BCUT2D eigenvalue weighted by Crippen LogP contribution is -2.37. The van der Waals surface area contributed by atoms with E-state index in [1.54, 1.807) is 24.4 Å². The van der Waals surface area contributed by atoms with E-state index in [0.717, 1.165) is 41.4 Å². The lowest BCUT2D eigenvalue weighted by Gasteiger charge is -2.17. The van der Waals surface area contributed by atoms with Crippen LogP contribution in [-0.4, -0.2) is 49.6 Å². The summed E-state index contributed by atoms with van der Waals surface area (Å²) in [5, 5.41) is 7.76. The summed E-state index contributed by atoms with van der Waals surface area (Å²) in [4.78, 5) is 26.5. The largest absolute Gasteiger partial charge is 0.353 e. The third kappa shape index (κ3) is 6.42. The van der Waals surface area contributed by atoms with Crippen molar-refractivity contribution in [2.45, 2.75) is 33.2 Å². The van der Waals surface area contributed by atoms with Crippen LogP contribution in [0.15, 0.2) is 85.2 Å². The average molecular weight is 514 g/mol. The summed E-state index contributed by atoms with van der Waals surface area (Å²) in [6.07, 6.45) is 4.37. The number of carbonyl (C=O) groups is 1. The Labute approximate surface area is 221 Å². The van der Waals surface area contributed by atoms with Crippen molar-refractivity contribution in [2.75, 3.05) is 18.0 Å². The van der Waals surface area contributed by atoms with Gasteiger partial charge in [-0.25, -0.2) is 18.9 Å². The zero-order valence-corrected chi connectivity index (χ0v) is 21.8. The Kier molecular flexibility index (Phi) is 8.81. The molecule has 0 bridgehead atoms. The normalized spacial score (nSPS) is 14.3. The molecule has 0 unspecified atom stereocenters. The standard InChI is InChI=1S/C21H21N7O.C6H5F.C2H6/c1-14-11-22-18-7-8-19(26-28(14)18)27-10-9-16(13-27)24-21(29)20-23-12-17(25-20)15-5-3-2-4-6-15;7-6-4-2-1-3-5-6;1-2/h2-8,11-12,16H,9-10,13H2,1H3,(H,23,25)(H,24,29);1-5H;1-2H3/t16-;;/m0../s1. The number of fused-ring (bicyclic) bond motifs is 1. The van der Waals surface area contributed by atoms with Gasteiger partial charge in [0.2, 0.25) is 0 Å². The Hall–Kier alpha value is -4.53. The number of carbonyl (C=O) groups excluding carboxylic acids is 1. The predicted octanol–water partition coefficient (Wildman–Crippen LogP) is 5.29. The first-order valence-electron chi connectivity index (χ1n) is 12.7. The van der Waals surface area contributed by atoms with Crippen molar-refractivity contribution >= 4 is 17.4 Å². The number of hydrogen-bond donors (Lipinski definition) is 2. The summed E-state index contributed by atoms with van der Waals surface area (Å²) in [5.41, 5.74) is 3.67. The van der Waals surface area contributed by atoms with Crippen LogP contribution in [0.25, 0.3) is 16.9 Å². The molecule has 38 heavy (non-hydrogen) atoms. The third-order valence-corrected chi connectivity index (χ3v) is 5.97. The van der Waals surface area contributed by atoms with Gasteiger partial charge < -0.3 is 15.2 Å². The molecular formula is C29H32FN7O. The fourth-order valence-electron chi connectivity index (χ4n) is 4.10. The number of aryl methyl sites for hydroxylation is 1. The van der Waals surface area contributed by atoms with E-state index in [1.807, 2.05) is 73.9 Å². The minimum Gasteiger partial charge on any atom is -0.353 e. The van der Waals surface area contributed by atoms with Gasteiger partial charge in [-0.05, 0) is 43.2 Å². The van der Waals surface area contributed by atoms with Crippen molar-refractivity contribution in [2.24, 2.45) is 0 Å². The Balaban J connectivity index is 0.000000321. The van der Waals surface area contributed by atoms with E-state index in [-0.39, 0.29) is 17.8 Å². The molecule has 0 aliphatic carbocycles. The maximum atomic E-state index is 12.6. The number of aromatic amines is 1. The molecule has 4 heterocycles. The summed E-state index contributed by atoms with van der Waals surface area (Å²) in [7, 11) is 0. The van der Waals surface area contributed by atoms with Gasteiger partial charge in [-0.15, -0.1) is 5.10 Å². The van der Waals surface area contributed by atoms with Crippen molar-refractivity contribution in [1.29, 1.82) is 0 Å². The maximum Gasteiger partial charge on any atom is 0.287 e. The van der Waals surface area contributed by atoms with E-state index >= 15 is 0 Å². The number of rotatable bonds is 4. The zero-order valence-electron chi connectivity index (χ0n) is 21.8. The quantitative estimate of drug-likeness (QED) is 0.341. The van der Waals surface area contributed by atoms with Crippen LogP contribution in [0, 0.1) is 12.7 Å². The lowest BCUT2D eigenvalue weighted by atomic mass is 10.2. The maximum absolute atomic E-state index is 12.6. The van der Waals surface area contributed by atoms with E-state index in [2.05, 4.69) is 30.3 Å². The number of H-pyrrole nitrogens is 1. The number of benzene rings is 2. The number of anilines is 1. The first kappa shape index (κ1) is 26.5. The molecule has 9 heteroatoms. The SMILES string of the molecule is CC.Cc1cnc2ccc(N3CC[C@H](NC(=O)c4ncc(-c5ccccc5)[nH]4)C3)nn12.Fc1ccccc1. The van der Waals surface area contributed by atoms with Gasteiger partial charge in [-0.2, -0.15) is 0 Å². The Bertz CT molecular complexity index is 1450. The second kappa shape index (κ2) is 12.6. The molecule has 3 aromatic heterocycles. The zero-order chi connectivity index (χ0) is 26.9. The first-order chi connectivity index (χ1) is 18.6. The molecule has 0 radical (unpaired) electrons. The van der Waals surface area contributed by atoms with Crippen LogP contribution >= 0.6 is 0 Å². The van der Waals surface area contributed by atoms with Gasteiger partial charge in [0.15, 0.2) is 11.5 Å². The van der Waals surface area contributed by atoms with Crippen LogP contribution in [0.1, 0.15) is 36.6 Å². The lowest BCUT2D eigenvalue weighted by molar-refractivity contribution is 0.0931. The summed E-state index contributed by atoms with van der Waals surface area (Å²) in [5.74, 6) is 0.853. The van der Waals surface area contributed by atoms with E-state index in [9.17, 15) is 9.18 Å². The third-order valence-electron chi connectivity index (χ3n) is 5.97. The van der Waals surface area contributed by atoms with Gasteiger partial charge in [-0.1, -0.05) is 62.4 Å². The van der Waals surface area contributed by atoms with Crippen molar-refractivity contribution in [1.82, 2.24) is 29.9 Å². The minimum atomic E-state index is -0.187. The summed E-state index contributed by atoms with van der Waals surface area (Å²) in [6, 6.07) is 21.8. The number of hydrogen-bond acceptors (Lipinski definition) is 5. The smallest absolute Gasteiger partial charge is 0.287 e. The highest BCUT2D eigenvalue weighted by atomic mass is 19.1. The Morgan fingerprint density at radius 1 is 0.974 bits per heavy atom. The highest BCUT2D eigenvalue weighted by Gasteiger charge is 2.26. The monoisotopic (exact) mass is 513 g/mol. The van der Waals surface area contributed by atoms with Crippen molar-refractivity contribution in [3.63, 3.8) is 0 Å². The number of imidazole rings is 2. The highest BCUT2D eigenvalue weighted by molar-refractivity contribution is 5.91. The van der Waals surface area contributed by atoms with Crippen LogP contribution < -0.4 is 10.2 Å². The van der Waals surface area contributed by atoms with Gasteiger partial charge >= 0.3 is 0 Å². The molecule has 1 aliphatic rings. The molecule has 196 valence electrons. The van der Waals surface area contributed by atoms with Crippen LogP contribution in [0.3, 0.4) is 0 Å². The first-order valence-corrected chi connectivity index (χ1v) is 12.7. The summed E-state index contributed by atoms with van der Waals surface area (Å²) >= 11 is 0. The fourth-order valence-corrected chi connectivity index (χ4v) is 4.10. The van der Waals surface area contributed by atoms with Crippen LogP contribution in [0.2, 0.25) is 0 Å². The fraction of sp³-hybridized carbons (Fsp3) is 0.241. The van der Waals surface area contributed by atoms with Gasteiger partial charge in [0.25, 0.3) is 5.91 Å². The molecule has 1 aliphatic heterocycles. The van der Waals surface area contributed by atoms with E-state index in [1.165, 1.54) is 12.1 Å². The molecule has 2 aromatic carbocycles. The van der Waals surface area contributed by atoms with Crippen molar-refractivity contribution in [3.05, 3.63) is 103 Å².